The van der Waals surface area contributed by atoms with Crippen molar-refractivity contribution in [3.05, 3.63) is 18.0 Å². The van der Waals surface area contributed by atoms with E-state index in [0.29, 0.717) is 6.04 Å². The van der Waals surface area contributed by atoms with E-state index in [2.05, 4.69) is 35.0 Å². The number of hydrogen-bond donors (Lipinski definition) is 1. The summed E-state index contributed by atoms with van der Waals surface area (Å²) in [4.78, 5) is 0. The Balaban J connectivity index is 2.08. The van der Waals surface area contributed by atoms with Gasteiger partial charge in [0.15, 0.2) is 0 Å². The molecule has 0 saturated carbocycles. The molecule has 0 unspecified atom stereocenters. The van der Waals surface area contributed by atoms with Gasteiger partial charge in [0, 0.05) is 18.8 Å². The molecule has 0 amide bonds. The van der Waals surface area contributed by atoms with E-state index in [0.717, 1.165) is 19.0 Å². The molecule has 1 N–H and O–H groups in total. The number of nitrogens with one attached hydrogen (secondary N) is 1. The van der Waals surface area contributed by atoms with Gasteiger partial charge in [-0.1, -0.05) is 6.92 Å². The fourth-order valence-electron chi connectivity index (χ4n) is 2.15. The first-order valence-electron chi connectivity index (χ1n) is 5.56. The first-order chi connectivity index (χ1) is 6.81. The van der Waals surface area contributed by atoms with Crippen molar-refractivity contribution >= 4 is 0 Å². The summed E-state index contributed by atoms with van der Waals surface area (Å²) in [5, 5.41) is 7.89. The maximum absolute atomic E-state index is 4.31. The summed E-state index contributed by atoms with van der Waals surface area (Å²) in [5.74, 6) is 0.823. The van der Waals surface area contributed by atoms with Crippen molar-refractivity contribution in [2.45, 2.75) is 39.3 Å². The molecule has 1 aliphatic rings. The molecule has 3 heteroatoms. The predicted molar refractivity (Wildman–Crippen MR) is 57.0 cm³/mol. The number of aromatic nitrogens is 2. The predicted octanol–water partition coefficient (Wildman–Crippen LogP) is 1.96. The Hall–Kier alpha value is -0.830. The van der Waals surface area contributed by atoms with Crippen molar-refractivity contribution in [1.29, 1.82) is 0 Å². The van der Waals surface area contributed by atoms with Crippen molar-refractivity contribution in [2.75, 3.05) is 6.54 Å². The van der Waals surface area contributed by atoms with Crippen molar-refractivity contribution in [2.24, 2.45) is 5.92 Å². The van der Waals surface area contributed by atoms with Gasteiger partial charge in [0.25, 0.3) is 0 Å². The lowest BCUT2D eigenvalue weighted by atomic mass is 9.95. The fourth-order valence-corrected chi connectivity index (χ4v) is 2.15. The highest BCUT2D eigenvalue weighted by Gasteiger charge is 2.21. The van der Waals surface area contributed by atoms with Gasteiger partial charge in [0.1, 0.15) is 0 Å². The molecule has 1 aliphatic heterocycles. The molecule has 0 spiro atoms. The van der Waals surface area contributed by atoms with Crippen LogP contribution in [0.3, 0.4) is 0 Å². The summed E-state index contributed by atoms with van der Waals surface area (Å²) < 4.78 is 2.09. The minimum atomic E-state index is 0.522. The van der Waals surface area contributed by atoms with E-state index in [1.54, 1.807) is 0 Å². The van der Waals surface area contributed by atoms with E-state index in [9.17, 15) is 0 Å². The standard InChI is InChI=1S/C11H19N3/c1-3-14-11(6-7-13-14)10-5-4-9(2)8-12-10/h6-7,9-10,12H,3-5,8H2,1-2H3/t9-,10-/m0/s1. The quantitative estimate of drug-likeness (QED) is 0.778. The summed E-state index contributed by atoms with van der Waals surface area (Å²) in [5.41, 5.74) is 1.35. The Kier molecular flexibility index (Phi) is 2.87. The first kappa shape index (κ1) is 9.71. The fraction of sp³-hybridized carbons (Fsp3) is 0.727. The van der Waals surface area contributed by atoms with Crippen molar-refractivity contribution in [3.63, 3.8) is 0 Å². The van der Waals surface area contributed by atoms with Crippen LogP contribution in [0.2, 0.25) is 0 Å². The van der Waals surface area contributed by atoms with Crippen LogP contribution in [-0.4, -0.2) is 16.3 Å². The van der Waals surface area contributed by atoms with E-state index in [1.807, 2.05) is 6.20 Å². The number of hydrogen-bond acceptors (Lipinski definition) is 2. The Morgan fingerprint density at radius 1 is 1.57 bits per heavy atom. The zero-order valence-electron chi connectivity index (χ0n) is 9.03. The molecule has 2 atom stereocenters. The third-order valence-corrected chi connectivity index (χ3v) is 3.07. The second-order valence-electron chi connectivity index (χ2n) is 4.22. The van der Waals surface area contributed by atoms with Gasteiger partial charge in [-0.15, -0.1) is 0 Å². The summed E-state index contributed by atoms with van der Waals surface area (Å²) in [7, 11) is 0. The normalized spacial score (nSPS) is 27.9. The summed E-state index contributed by atoms with van der Waals surface area (Å²) in [6.07, 6.45) is 4.47. The van der Waals surface area contributed by atoms with Gasteiger partial charge in [-0.3, -0.25) is 4.68 Å². The lowest BCUT2D eigenvalue weighted by Gasteiger charge is -2.28. The average molecular weight is 193 g/mol. The SMILES string of the molecule is CCn1nccc1[C@@H]1CC[C@H](C)CN1. The maximum atomic E-state index is 4.31. The van der Waals surface area contributed by atoms with E-state index >= 15 is 0 Å². The van der Waals surface area contributed by atoms with E-state index in [4.69, 9.17) is 0 Å². The van der Waals surface area contributed by atoms with Crippen LogP contribution in [0.4, 0.5) is 0 Å². The van der Waals surface area contributed by atoms with Gasteiger partial charge < -0.3 is 5.32 Å². The Morgan fingerprint density at radius 2 is 2.43 bits per heavy atom. The average Bonchev–Trinajstić information content (AvgIpc) is 2.67. The largest absolute Gasteiger partial charge is 0.308 e. The van der Waals surface area contributed by atoms with Gasteiger partial charge in [-0.2, -0.15) is 5.10 Å². The van der Waals surface area contributed by atoms with Crippen LogP contribution in [0, 0.1) is 5.92 Å². The lowest BCUT2D eigenvalue weighted by Crippen LogP contribution is -2.33. The molecule has 0 aromatic carbocycles. The lowest BCUT2D eigenvalue weighted by molar-refractivity contribution is 0.320. The number of piperidine rings is 1. The minimum absolute atomic E-state index is 0.522. The van der Waals surface area contributed by atoms with E-state index in [1.165, 1.54) is 18.5 Å². The number of rotatable bonds is 2. The Morgan fingerprint density at radius 3 is 3.07 bits per heavy atom. The van der Waals surface area contributed by atoms with Crippen LogP contribution >= 0.6 is 0 Å². The van der Waals surface area contributed by atoms with Gasteiger partial charge in [0.05, 0.1) is 5.69 Å². The molecular weight excluding hydrogens is 174 g/mol. The van der Waals surface area contributed by atoms with Gasteiger partial charge in [-0.05, 0) is 38.3 Å². The summed E-state index contributed by atoms with van der Waals surface area (Å²) in [6, 6.07) is 2.66. The van der Waals surface area contributed by atoms with Crippen LogP contribution in [-0.2, 0) is 6.54 Å². The monoisotopic (exact) mass is 193 g/mol. The third-order valence-electron chi connectivity index (χ3n) is 3.07. The molecule has 1 fully saturated rings. The van der Waals surface area contributed by atoms with E-state index in [-0.39, 0.29) is 0 Å². The maximum Gasteiger partial charge on any atom is 0.0553 e. The zero-order valence-corrected chi connectivity index (χ0v) is 9.03. The second kappa shape index (κ2) is 4.13. The van der Waals surface area contributed by atoms with Gasteiger partial charge in [0.2, 0.25) is 0 Å². The molecule has 14 heavy (non-hydrogen) atoms. The summed E-state index contributed by atoms with van der Waals surface area (Å²) >= 11 is 0. The van der Waals surface area contributed by atoms with Crippen molar-refractivity contribution in [1.82, 2.24) is 15.1 Å². The third kappa shape index (κ3) is 1.82. The van der Waals surface area contributed by atoms with Crippen molar-refractivity contribution < 1.29 is 0 Å². The van der Waals surface area contributed by atoms with Crippen molar-refractivity contribution in [3.8, 4) is 0 Å². The van der Waals surface area contributed by atoms with Gasteiger partial charge in [-0.25, -0.2) is 0 Å². The molecule has 3 nitrogen and oxygen atoms in total. The van der Waals surface area contributed by atoms with Gasteiger partial charge >= 0.3 is 0 Å². The zero-order chi connectivity index (χ0) is 9.97. The topological polar surface area (TPSA) is 29.9 Å². The molecule has 2 rings (SSSR count). The Bertz CT molecular complexity index is 284. The van der Waals surface area contributed by atoms with E-state index < -0.39 is 0 Å². The van der Waals surface area contributed by atoms with Crippen LogP contribution in [0.1, 0.15) is 38.4 Å². The molecule has 1 aromatic heterocycles. The minimum Gasteiger partial charge on any atom is -0.308 e. The Labute approximate surface area is 85.5 Å². The van der Waals surface area contributed by atoms with Crippen LogP contribution < -0.4 is 5.32 Å². The molecule has 0 aliphatic carbocycles. The van der Waals surface area contributed by atoms with Crippen LogP contribution in [0.15, 0.2) is 12.3 Å². The first-order valence-corrected chi connectivity index (χ1v) is 5.56. The molecule has 2 heterocycles. The number of nitrogens with zero attached hydrogens (tertiary/aromatic N) is 2. The molecule has 1 aromatic rings. The molecule has 78 valence electrons. The van der Waals surface area contributed by atoms with Crippen LogP contribution in [0.5, 0.6) is 0 Å². The highest BCUT2D eigenvalue weighted by Crippen LogP contribution is 2.24. The summed E-state index contributed by atoms with van der Waals surface area (Å²) in [6.45, 7) is 6.55. The molecule has 0 radical (unpaired) electrons. The molecule has 1 saturated heterocycles. The highest BCUT2D eigenvalue weighted by atomic mass is 15.3. The van der Waals surface area contributed by atoms with Crippen LogP contribution in [0.25, 0.3) is 0 Å². The number of aryl methyl sites for hydroxylation is 1. The molecular formula is C11H19N3. The second-order valence-corrected chi connectivity index (χ2v) is 4.22. The molecule has 0 bridgehead atoms. The smallest absolute Gasteiger partial charge is 0.0553 e. The highest BCUT2D eigenvalue weighted by molar-refractivity contribution is 5.08.